The van der Waals surface area contributed by atoms with Crippen LogP contribution in [0.25, 0.3) is 10.9 Å². The highest BCUT2D eigenvalue weighted by atomic mass is 35.5. The van der Waals surface area contributed by atoms with Crippen LogP contribution in [0.3, 0.4) is 0 Å². The quantitative estimate of drug-likeness (QED) is 0.803. The van der Waals surface area contributed by atoms with Crippen LogP contribution in [0, 0.1) is 0 Å². The van der Waals surface area contributed by atoms with Crippen LogP contribution < -0.4 is 5.32 Å². The second kappa shape index (κ2) is 6.22. The van der Waals surface area contributed by atoms with Crippen molar-refractivity contribution >= 4 is 34.3 Å². The predicted octanol–water partition coefficient (Wildman–Crippen LogP) is 3.28. The topological polar surface area (TPSA) is 64.0 Å². The molecular weight excluding hydrogens is 314 g/mol. The molecule has 0 atom stereocenters. The number of halogens is 1. The minimum absolute atomic E-state index is 0.166. The van der Waals surface area contributed by atoms with Crippen LogP contribution in [-0.4, -0.2) is 21.4 Å². The maximum Gasteiger partial charge on any atom is 0.253 e. The number of carbonyl (C=O) groups excluding carboxylic acids is 2. The van der Waals surface area contributed by atoms with Gasteiger partial charge in [0.1, 0.15) is 0 Å². The summed E-state index contributed by atoms with van der Waals surface area (Å²) in [6.45, 7) is 1.76. The number of fused-ring (bicyclic) bond motifs is 1. The highest BCUT2D eigenvalue weighted by Crippen LogP contribution is 2.25. The lowest BCUT2D eigenvalue weighted by Gasteiger charge is -2.03. The molecule has 1 aromatic carbocycles. The molecule has 5 nitrogen and oxygen atoms in total. The molecule has 0 aliphatic heterocycles. The van der Waals surface area contributed by atoms with E-state index in [9.17, 15) is 9.59 Å². The van der Waals surface area contributed by atoms with E-state index in [1.54, 1.807) is 24.4 Å². The molecule has 0 saturated heterocycles. The summed E-state index contributed by atoms with van der Waals surface area (Å²) < 4.78 is 1.45. The summed E-state index contributed by atoms with van der Waals surface area (Å²) in [7, 11) is 0. The van der Waals surface area contributed by atoms with Gasteiger partial charge in [-0.15, -0.1) is 0 Å². The van der Waals surface area contributed by atoms with Crippen LogP contribution in [0.2, 0.25) is 5.02 Å². The van der Waals surface area contributed by atoms with Crippen molar-refractivity contribution in [3.63, 3.8) is 0 Å². The Morgan fingerprint density at radius 3 is 2.78 bits per heavy atom. The first-order chi connectivity index (χ1) is 11.1. The van der Waals surface area contributed by atoms with Crippen LogP contribution in [0.4, 0.5) is 0 Å². The Bertz CT molecular complexity index is 887. The van der Waals surface area contributed by atoms with Crippen molar-refractivity contribution in [2.24, 2.45) is 0 Å². The third-order valence-corrected chi connectivity index (χ3v) is 3.74. The van der Waals surface area contributed by atoms with E-state index in [-0.39, 0.29) is 11.8 Å². The number of pyridine rings is 1. The smallest absolute Gasteiger partial charge is 0.253 e. The normalized spacial score (nSPS) is 10.7. The average Bonchev–Trinajstić information content (AvgIpc) is 2.92. The number of carbonyl (C=O) groups is 2. The van der Waals surface area contributed by atoms with Gasteiger partial charge in [-0.3, -0.25) is 19.1 Å². The third kappa shape index (κ3) is 3.10. The summed E-state index contributed by atoms with van der Waals surface area (Å²) in [5.74, 6) is -0.441. The van der Waals surface area contributed by atoms with Gasteiger partial charge in [-0.2, -0.15) is 0 Å². The number of rotatable bonds is 3. The Morgan fingerprint density at radius 1 is 1.26 bits per heavy atom. The van der Waals surface area contributed by atoms with Gasteiger partial charge < -0.3 is 5.32 Å². The minimum Gasteiger partial charge on any atom is -0.346 e. The molecule has 0 saturated carbocycles. The van der Waals surface area contributed by atoms with Gasteiger partial charge in [-0.1, -0.05) is 17.7 Å². The predicted molar refractivity (Wildman–Crippen MR) is 88.7 cm³/mol. The van der Waals surface area contributed by atoms with Gasteiger partial charge in [0.05, 0.1) is 23.3 Å². The zero-order valence-corrected chi connectivity index (χ0v) is 13.2. The summed E-state index contributed by atoms with van der Waals surface area (Å²) in [6.07, 6.45) is 3.21. The molecule has 116 valence electrons. The molecule has 0 fully saturated rings. The van der Waals surface area contributed by atoms with Gasteiger partial charge in [-0.25, -0.2) is 0 Å². The van der Waals surface area contributed by atoms with Crippen molar-refractivity contribution in [3.05, 3.63) is 65.1 Å². The lowest BCUT2D eigenvalue weighted by atomic mass is 10.1. The lowest BCUT2D eigenvalue weighted by molar-refractivity contribution is 0.0941. The Morgan fingerprint density at radius 2 is 2.09 bits per heavy atom. The highest BCUT2D eigenvalue weighted by Gasteiger charge is 2.17. The van der Waals surface area contributed by atoms with Crippen molar-refractivity contribution < 1.29 is 9.59 Å². The van der Waals surface area contributed by atoms with E-state index >= 15 is 0 Å². The standard InChI is InChI=1S/C17H14ClN3O2/c1-11(22)21-10-15(14-8-12(18)5-6-16(14)21)17(23)20-9-13-4-2-3-7-19-13/h2-8,10H,9H2,1H3,(H,20,23). The second-order valence-corrected chi connectivity index (χ2v) is 5.53. The molecule has 3 rings (SSSR count). The van der Waals surface area contributed by atoms with Crippen molar-refractivity contribution in [2.45, 2.75) is 13.5 Å². The van der Waals surface area contributed by atoms with Gasteiger partial charge in [0.2, 0.25) is 5.91 Å². The van der Waals surface area contributed by atoms with Gasteiger partial charge in [0, 0.05) is 29.7 Å². The largest absolute Gasteiger partial charge is 0.346 e. The summed E-state index contributed by atoms with van der Waals surface area (Å²) in [5.41, 5.74) is 1.83. The first-order valence-electron chi connectivity index (χ1n) is 7.06. The van der Waals surface area contributed by atoms with Gasteiger partial charge in [0.25, 0.3) is 5.91 Å². The molecular formula is C17H14ClN3O2. The van der Waals surface area contributed by atoms with Gasteiger partial charge >= 0.3 is 0 Å². The third-order valence-electron chi connectivity index (χ3n) is 3.51. The monoisotopic (exact) mass is 327 g/mol. The first kappa shape index (κ1) is 15.2. The molecule has 2 heterocycles. The van der Waals surface area contributed by atoms with Crippen molar-refractivity contribution in [2.75, 3.05) is 0 Å². The molecule has 0 radical (unpaired) electrons. The van der Waals surface area contributed by atoms with E-state index in [4.69, 9.17) is 11.6 Å². The van der Waals surface area contributed by atoms with E-state index in [2.05, 4.69) is 10.3 Å². The van der Waals surface area contributed by atoms with Crippen LogP contribution in [-0.2, 0) is 6.54 Å². The molecule has 0 unspecified atom stereocenters. The Labute approximate surface area is 137 Å². The molecule has 1 N–H and O–H groups in total. The lowest BCUT2D eigenvalue weighted by Crippen LogP contribution is -2.23. The zero-order valence-electron chi connectivity index (χ0n) is 12.4. The molecule has 6 heteroatoms. The molecule has 0 aliphatic carbocycles. The molecule has 2 aromatic heterocycles. The maximum atomic E-state index is 12.5. The van der Waals surface area contributed by atoms with Crippen molar-refractivity contribution in [1.29, 1.82) is 0 Å². The number of hydrogen-bond donors (Lipinski definition) is 1. The Kier molecular flexibility index (Phi) is 4.12. The molecule has 0 aliphatic rings. The van der Waals surface area contributed by atoms with E-state index in [0.29, 0.717) is 28.0 Å². The fraction of sp³-hybridized carbons (Fsp3) is 0.118. The summed E-state index contributed by atoms with van der Waals surface area (Å²) in [6, 6.07) is 10.6. The van der Waals surface area contributed by atoms with E-state index in [0.717, 1.165) is 5.69 Å². The van der Waals surface area contributed by atoms with Crippen LogP contribution in [0.5, 0.6) is 0 Å². The van der Waals surface area contributed by atoms with Gasteiger partial charge in [-0.05, 0) is 30.3 Å². The van der Waals surface area contributed by atoms with Crippen LogP contribution >= 0.6 is 11.6 Å². The fourth-order valence-electron chi connectivity index (χ4n) is 2.41. The summed E-state index contributed by atoms with van der Waals surface area (Å²) in [5, 5.41) is 3.97. The minimum atomic E-state index is -0.275. The number of nitrogens with zero attached hydrogens (tertiary/aromatic N) is 2. The van der Waals surface area contributed by atoms with Gasteiger partial charge in [0.15, 0.2) is 0 Å². The number of aromatic nitrogens is 2. The van der Waals surface area contributed by atoms with E-state index in [1.807, 2.05) is 18.2 Å². The molecule has 1 amide bonds. The van der Waals surface area contributed by atoms with Crippen LogP contribution in [0.15, 0.2) is 48.8 Å². The Balaban J connectivity index is 1.93. The fourth-order valence-corrected chi connectivity index (χ4v) is 2.58. The van der Waals surface area contributed by atoms with Crippen molar-refractivity contribution in [1.82, 2.24) is 14.9 Å². The number of hydrogen-bond acceptors (Lipinski definition) is 3. The second-order valence-electron chi connectivity index (χ2n) is 5.10. The summed E-state index contributed by atoms with van der Waals surface area (Å²) >= 11 is 6.02. The zero-order chi connectivity index (χ0) is 16.4. The molecule has 23 heavy (non-hydrogen) atoms. The number of nitrogens with one attached hydrogen (secondary N) is 1. The van der Waals surface area contributed by atoms with Crippen LogP contribution in [0.1, 0.15) is 27.8 Å². The summed E-state index contributed by atoms with van der Waals surface area (Å²) in [4.78, 5) is 28.4. The maximum absolute atomic E-state index is 12.5. The molecule has 0 bridgehead atoms. The SMILES string of the molecule is CC(=O)n1cc(C(=O)NCc2ccccn2)c2cc(Cl)ccc21. The Hall–Kier alpha value is -2.66. The van der Waals surface area contributed by atoms with Crippen molar-refractivity contribution in [3.8, 4) is 0 Å². The molecule has 3 aromatic rings. The van der Waals surface area contributed by atoms with E-state index in [1.165, 1.54) is 17.7 Å². The molecule has 0 spiro atoms. The first-order valence-corrected chi connectivity index (χ1v) is 7.43. The highest BCUT2D eigenvalue weighted by molar-refractivity contribution is 6.31. The number of amides is 1. The number of benzene rings is 1. The van der Waals surface area contributed by atoms with E-state index < -0.39 is 0 Å². The average molecular weight is 328 g/mol.